The van der Waals surface area contributed by atoms with Crippen molar-refractivity contribution in [2.45, 2.75) is 31.7 Å². The highest BCUT2D eigenvalue weighted by atomic mass is 16.1. The number of carbonyl (C=O) groups excluding carboxylic acids is 1. The Balaban J connectivity index is 1.91. The van der Waals surface area contributed by atoms with Gasteiger partial charge >= 0.3 is 0 Å². The molecule has 1 aliphatic rings. The van der Waals surface area contributed by atoms with Gasteiger partial charge in [-0.15, -0.1) is 0 Å². The fourth-order valence-corrected chi connectivity index (χ4v) is 2.11. The van der Waals surface area contributed by atoms with E-state index in [0.717, 1.165) is 6.42 Å². The van der Waals surface area contributed by atoms with Crippen LogP contribution in [0.4, 0.5) is 0 Å². The average Bonchev–Trinajstić information content (AvgIpc) is 3.14. The van der Waals surface area contributed by atoms with Gasteiger partial charge < -0.3 is 11.1 Å². The molecule has 1 unspecified atom stereocenters. The molecule has 2 rings (SSSR count). The molecule has 0 spiro atoms. The van der Waals surface area contributed by atoms with Crippen molar-refractivity contribution in [2.24, 2.45) is 11.7 Å². The molecule has 0 aliphatic heterocycles. The smallest absolute Gasteiger partial charge is 0.221 e. The maximum absolute atomic E-state index is 11.6. The number of hydrogen-bond donors (Lipinski definition) is 2. The fourth-order valence-electron chi connectivity index (χ4n) is 2.11. The van der Waals surface area contributed by atoms with Crippen LogP contribution in [0, 0.1) is 5.92 Å². The number of nitrogens with one attached hydrogen (secondary N) is 1. The van der Waals surface area contributed by atoms with Crippen LogP contribution in [0.15, 0.2) is 30.3 Å². The Labute approximate surface area is 102 Å². The lowest BCUT2D eigenvalue weighted by Gasteiger charge is -2.18. The van der Waals surface area contributed by atoms with Crippen molar-refractivity contribution in [2.75, 3.05) is 6.54 Å². The first kappa shape index (κ1) is 12.1. The standard InChI is InChI=1S/C14H20N2O/c15-9-8-14(17)16-13(12-6-7-12)10-11-4-2-1-3-5-11/h1-5,12-13H,6-10,15H2,(H,16,17). The van der Waals surface area contributed by atoms with Crippen molar-refractivity contribution in [1.82, 2.24) is 5.32 Å². The average molecular weight is 232 g/mol. The predicted octanol–water partition coefficient (Wildman–Crippen LogP) is 1.47. The Bertz CT molecular complexity index is 360. The van der Waals surface area contributed by atoms with Crippen molar-refractivity contribution >= 4 is 5.91 Å². The zero-order chi connectivity index (χ0) is 12.1. The number of benzene rings is 1. The molecule has 1 aliphatic carbocycles. The SMILES string of the molecule is NCCC(=O)NC(Cc1ccccc1)C1CC1. The highest BCUT2D eigenvalue weighted by Crippen LogP contribution is 2.34. The molecule has 17 heavy (non-hydrogen) atoms. The summed E-state index contributed by atoms with van der Waals surface area (Å²) in [6, 6.07) is 10.6. The van der Waals surface area contributed by atoms with E-state index < -0.39 is 0 Å². The van der Waals surface area contributed by atoms with Crippen molar-refractivity contribution in [3.63, 3.8) is 0 Å². The lowest BCUT2D eigenvalue weighted by atomic mass is 10.0. The maximum Gasteiger partial charge on any atom is 0.221 e. The number of carbonyl (C=O) groups is 1. The van der Waals surface area contributed by atoms with Crippen molar-refractivity contribution in [3.8, 4) is 0 Å². The molecule has 1 saturated carbocycles. The van der Waals surface area contributed by atoms with Crippen LogP contribution in [-0.2, 0) is 11.2 Å². The molecule has 1 amide bonds. The summed E-state index contributed by atoms with van der Waals surface area (Å²) in [6.45, 7) is 0.425. The Morgan fingerprint density at radius 3 is 2.65 bits per heavy atom. The summed E-state index contributed by atoms with van der Waals surface area (Å²) in [7, 11) is 0. The highest BCUT2D eigenvalue weighted by molar-refractivity contribution is 5.76. The van der Waals surface area contributed by atoms with Crippen LogP contribution in [0.1, 0.15) is 24.8 Å². The first-order valence-corrected chi connectivity index (χ1v) is 6.33. The van der Waals surface area contributed by atoms with Crippen molar-refractivity contribution in [1.29, 1.82) is 0 Å². The van der Waals surface area contributed by atoms with Crippen LogP contribution in [0.5, 0.6) is 0 Å². The molecule has 1 aromatic carbocycles. The van der Waals surface area contributed by atoms with E-state index in [4.69, 9.17) is 5.73 Å². The molecule has 0 aromatic heterocycles. The van der Waals surface area contributed by atoms with Gasteiger partial charge in [-0.25, -0.2) is 0 Å². The molecular weight excluding hydrogens is 212 g/mol. The zero-order valence-electron chi connectivity index (χ0n) is 10.1. The Kier molecular flexibility index (Phi) is 4.15. The summed E-state index contributed by atoms with van der Waals surface area (Å²) in [5.74, 6) is 0.747. The lowest BCUT2D eigenvalue weighted by Crippen LogP contribution is -2.38. The molecule has 3 heteroatoms. The van der Waals surface area contributed by atoms with Crippen molar-refractivity contribution in [3.05, 3.63) is 35.9 Å². The van der Waals surface area contributed by atoms with E-state index in [1.54, 1.807) is 0 Å². The Morgan fingerprint density at radius 2 is 2.06 bits per heavy atom. The van der Waals surface area contributed by atoms with Gasteiger partial charge in [0.1, 0.15) is 0 Å². The zero-order valence-corrected chi connectivity index (χ0v) is 10.1. The van der Waals surface area contributed by atoms with Gasteiger partial charge in [0.05, 0.1) is 0 Å². The summed E-state index contributed by atoms with van der Waals surface area (Å²) >= 11 is 0. The van der Waals surface area contributed by atoms with E-state index in [9.17, 15) is 4.79 Å². The number of amides is 1. The second-order valence-corrected chi connectivity index (χ2v) is 4.74. The van der Waals surface area contributed by atoms with E-state index in [-0.39, 0.29) is 11.9 Å². The molecule has 3 nitrogen and oxygen atoms in total. The van der Waals surface area contributed by atoms with Crippen LogP contribution >= 0.6 is 0 Å². The predicted molar refractivity (Wildman–Crippen MR) is 68.5 cm³/mol. The lowest BCUT2D eigenvalue weighted by molar-refractivity contribution is -0.121. The molecule has 0 radical (unpaired) electrons. The van der Waals surface area contributed by atoms with Crippen LogP contribution in [0.3, 0.4) is 0 Å². The van der Waals surface area contributed by atoms with E-state index in [2.05, 4.69) is 17.4 Å². The number of nitrogens with two attached hydrogens (primary N) is 1. The number of rotatable bonds is 6. The maximum atomic E-state index is 11.6. The Hall–Kier alpha value is -1.35. The van der Waals surface area contributed by atoms with E-state index >= 15 is 0 Å². The molecule has 0 bridgehead atoms. The summed E-state index contributed by atoms with van der Waals surface area (Å²) in [5.41, 5.74) is 6.68. The molecule has 3 N–H and O–H groups in total. The highest BCUT2D eigenvalue weighted by Gasteiger charge is 2.31. The molecule has 0 saturated heterocycles. The van der Waals surface area contributed by atoms with Gasteiger partial charge in [-0.2, -0.15) is 0 Å². The largest absolute Gasteiger partial charge is 0.353 e. The van der Waals surface area contributed by atoms with Crippen LogP contribution in [0.25, 0.3) is 0 Å². The third-order valence-electron chi connectivity index (χ3n) is 3.21. The summed E-state index contributed by atoms with van der Waals surface area (Å²) in [5, 5.41) is 3.11. The van der Waals surface area contributed by atoms with Gasteiger partial charge in [0.2, 0.25) is 5.91 Å². The summed E-state index contributed by atoms with van der Waals surface area (Å²) in [4.78, 5) is 11.6. The van der Waals surface area contributed by atoms with Gasteiger partial charge in [0, 0.05) is 19.0 Å². The fraction of sp³-hybridized carbons (Fsp3) is 0.500. The first-order chi connectivity index (χ1) is 8.29. The first-order valence-electron chi connectivity index (χ1n) is 6.33. The molecule has 0 heterocycles. The van der Waals surface area contributed by atoms with Crippen LogP contribution < -0.4 is 11.1 Å². The molecule has 1 fully saturated rings. The normalized spacial score (nSPS) is 16.5. The third-order valence-corrected chi connectivity index (χ3v) is 3.21. The van der Waals surface area contributed by atoms with Gasteiger partial charge in [-0.1, -0.05) is 30.3 Å². The van der Waals surface area contributed by atoms with Gasteiger partial charge in [0.25, 0.3) is 0 Å². The minimum Gasteiger partial charge on any atom is -0.353 e. The third kappa shape index (κ3) is 3.86. The molecular formula is C14H20N2O. The minimum atomic E-state index is 0.0836. The van der Waals surface area contributed by atoms with Gasteiger partial charge in [0.15, 0.2) is 0 Å². The van der Waals surface area contributed by atoms with Crippen LogP contribution in [-0.4, -0.2) is 18.5 Å². The topological polar surface area (TPSA) is 55.1 Å². The molecule has 92 valence electrons. The second-order valence-electron chi connectivity index (χ2n) is 4.74. The van der Waals surface area contributed by atoms with Crippen LogP contribution in [0.2, 0.25) is 0 Å². The number of hydrogen-bond acceptors (Lipinski definition) is 2. The molecule has 1 aromatic rings. The summed E-state index contributed by atoms with van der Waals surface area (Å²) in [6.07, 6.45) is 3.83. The molecule has 1 atom stereocenters. The van der Waals surface area contributed by atoms with Gasteiger partial charge in [-0.05, 0) is 30.7 Å². The van der Waals surface area contributed by atoms with E-state index in [0.29, 0.717) is 18.9 Å². The monoisotopic (exact) mass is 232 g/mol. The second kappa shape index (κ2) is 5.82. The van der Waals surface area contributed by atoms with Crippen molar-refractivity contribution < 1.29 is 4.79 Å². The van der Waals surface area contributed by atoms with Gasteiger partial charge in [-0.3, -0.25) is 4.79 Å². The van der Waals surface area contributed by atoms with E-state index in [1.165, 1.54) is 18.4 Å². The Morgan fingerprint density at radius 1 is 1.35 bits per heavy atom. The quantitative estimate of drug-likeness (QED) is 0.780. The summed E-state index contributed by atoms with van der Waals surface area (Å²) < 4.78 is 0. The minimum absolute atomic E-state index is 0.0836. The van der Waals surface area contributed by atoms with E-state index in [1.807, 2.05) is 18.2 Å².